The lowest BCUT2D eigenvalue weighted by molar-refractivity contribution is 0.0521. The van der Waals surface area contributed by atoms with Gasteiger partial charge in [-0.15, -0.1) is 0 Å². The van der Waals surface area contributed by atoms with Gasteiger partial charge in [0.2, 0.25) is 0 Å². The summed E-state index contributed by atoms with van der Waals surface area (Å²) in [5.41, 5.74) is 0.276. The maximum atomic E-state index is 12.2. The summed E-state index contributed by atoms with van der Waals surface area (Å²) < 4.78 is 34.7. The Balaban J connectivity index is 2.41. The molecule has 26 heavy (non-hydrogen) atoms. The Kier molecular flexibility index (Phi) is 7.65. The maximum absolute atomic E-state index is 12.2. The number of carbonyl (C=O) groups is 1. The molecule has 0 aliphatic rings. The first-order valence-corrected chi connectivity index (χ1v) is 10.1. The number of carbonyl (C=O) groups excluding carboxylic acids is 1. The molecule has 0 bridgehead atoms. The van der Waals surface area contributed by atoms with Crippen molar-refractivity contribution in [2.75, 3.05) is 13.2 Å². The number of hydrogen-bond donors (Lipinski definition) is 1. The Morgan fingerprint density at radius 1 is 1.04 bits per heavy atom. The molecule has 0 aliphatic heterocycles. The highest BCUT2D eigenvalue weighted by atomic mass is 32.2. The summed E-state index contributed by atoms with van der Waals surface area (Å²) in [7, 11) is -3.74. The fraction of sp³-hybridized carbons (Fsp3) is 0.632. The molecular formula is C19H31NO5S. The van der Waals surface area contributed by atoms with E-state index in [0.29, 0.717) is 19.4 Å². The lowest BCUT2D eigenvalue weighted by atomic mass is 9.86. The number of nitrogens with one attached hydrogen (secondary N) is 1. The van der Waals surface area contributed by atoms with Gasteiger partial charge in [-0.2, -0.15) is 8.42 Å². The van der Waals surface area contributed by atoms with E-state index in [1.54, 1.807) is 24.3 Å². The van der Waals surface area contributed by atoms with Crippen LogP contribution in [0.5, 0.6) is 0 Å². The Morgan fingerprint density at radius 2 is 1.62 bits per heavy atom. The Morgan fingerprint density at radius 3 is 2.15 bits per heavy atom. The molecule has 0 radical (unpaired) electrons. The molecule has 0 heterocycles. The van der Waals surface area contributed by atoms with Gasteiger partial charge in [-0.05, 0) is 58.1 Å². The van der Waals surface area contributed by atoms with Gasteiger partial charge in [0.1, 0.15) is 5.60 Å². The van der Waals surface area contributed by atoms with E-state index in [0.717, 1.165) is 5.56 Å². The summed E-state index contributed by atoms with van der Waals surface area (Å²) in [5.74, 6) is 0. The fourth-order valence-corrected chi connectivity index (χ4v) is 3.05. The predicted molar refractivity (Wildman–Crippen MR) is 102 cm³/mol. The summed E-state index contributed by atoms with van der Waals surface area (Å²) in [6.07, 6.45) is 0.778. The second kappa shape index (κ2) is 8.86. The van der Waals surface area contributed by atoms with Gasteiger partial charge < -0.3 is 10.1 Å². The Hall–Kier alpha value is -1.60. The van der Waals surface area contributed by atoms with Crippen molar-refractivity contribution in [3.8, 4) is 0 Å². The monoisotopic (exact) mass is 385 g/mol. The van der Waals surface area contributed by atoms with Crippen LogP contribution in [-0.4, -0.2) is 33.3 Å². The van der Waals surface area contributed by atoms with Crippen molar-refractivity contribution in [1.82, 2.24) is 5.32 Å². The number of ether oxygens (including phenoxy) is 1. The number of amides is 1. The second-order valence-corrected chi connectivity index (χ2v) is 9.80. The minimum Gasteiger partial charge on any atom is -0.444 e. The third kappa shape index (κ3) is 8.67. The molecule has 0 fully saturated rings. The first kappa shape index (κ1) is 22.4. The van der Waals surface area contributed by atoms with Crippen molar-refractivity contribution in [2.24, 2.45) is 5.41 Å². The fourth-order valence-electron chi connectivity index (χ4n) is 2.14. The zero-order chi connectivity index (χ0) is 20.0. The average Bonchev–Trinajstić information content (AvgIpc) is 2.45. The van der Waals surface area contributed by atoms with Crippen molar-refractivity contribution < 1.29 is 22.1 Å². The Bertz CT molecular complexity index is 688. The summed E-state index contributed by atoms with van der Waals surface area (Å²) in [6.45, 7) is 11.9. The molecule has 0 saturated carbocycles. The lowest BCUT2D eigenvalue weighted by Gasteiger charge is -2.25. The molecule has 1 amide bonds. The van der Waals surface area contributed by atoms with Crippen molar-refractivity contribution in [3.05, 3.63) is 29.8 Å². The van der Waals surface area contributed by atoms with Crippen LogP contribution < -0.4 is 5.32 Å². The standard InChI is InChI=1S/C19H31NO5S/c1-15-7-9-16(10-8-15)26(22,23)24-14-12-19(5,6)11-13-20-17(21)25-18(2,3)4/h7-10H,11-14H2,1-6H3,(H,20,21). The lowest BCUT2D eigenvalue weighted by Crippen LogP contribution is -2.34. The topological polar surface area (TPSA) is 81.7 Å². The Labute approximate surface area is 157 Å². The maximum Gasteiger partial charge on any atom is 0.407 e. The number of benzene rings is 1. The van der Waals surface area contributed by atoms with E-state index < -0.39 is 21.8 Å². The molecule has 6 nitrogen and oxygen atoms in total. The van der Waals surface area contributed by atoms with Crippen molar-refractivity contribution in [2.45, 2.75) is 64.9 Å². The molecule has 0 unspecified atom stereocenters. The predicted octanol–water partition coefficient (Wildman–Crippen LogP) is 4.03. The minimum atomic E-state index is -3.74. The largest absolute Gasteiger partial charge is 0.444 e. The summed E-state index contributed by atoms with van der Waals surface area (Å²) in [4.78, 5) is 11.8. The van der Waals surface area contributed by atoms with Crippen LogP contribution >= 0.6 is 0 Å². The molecule has 148 valence electrons. The number of aryl methyl sites for hydroxylation is 1. The van der Waals surface area contributed by atoms with E-state index >= 15 is 0 Å². The van der Waals surface area contributed by atoms with Gasteiger partial charge in [-0.1, -0.05) is 31.5 Å². The van der Waals surface area contributed by atoms with Gasteiger partial charge in [-0.25, -0.2) is 4.79 Å². The molecular weight excluding hydrogens is 354 g/mol. The third-order valence-electron chi connectivity index (χ3n) is 3.80. The van der Waals surface area contributed by atoms with E-state index in [1.807, 2.05) is 41.5 Å². The van der Waals surface area contributed by atoms with Gasteiger partial charge in [0, 0.05) is 6.54 Å². The minimum absolute atomic E-state index is 0.0929. The quantitative estimate of drug-likeness (QED) is 0.683. The molecule has 1 aromatic carbocycles. The number of hydrogen-bond acceptors (Lipinski definition) is 5. The van der Waals surface area contributed by atoms with Gasteiger partial charge in [-0.3, -0.25) is 4.18 Å². The van der Waals surface area contributed by atoms with Gasteiger partial charge in [0.05, 0.1) is 11.5 Å². The van der Waals surface area contributed by atoms with E-state index in [4.69, 9.17) is 8.92 Å². The van der Waals surface area contributed by atoms with E-state index in [9.17, 15) is 13.2 Å². The van der Waals surface area contributed by atoms with Crippen molar-refractivity contribution in [1.29, 1.82) is 0 Å². The zero-order valence-corrected chi connectivity index (χ0v) is 17.4. The third-order valence-corrected chi connectivity index (χ3v) is 5.12. The van der Waals surface area contributed by atoms with Crippen LogP contribution in [0, 0.1) is 12.3 Å². The second-order valence-electron chi connectivity index (χ2n) is 8.18. The summed E-state index contributed by atoms with van der Waals surface area (Å²) in [5, 5.41) is 2.71. The molecule has 1 rings (SSSR count). The van der Waals surface area contributed by atoms with Crippen LogP contribution in [0.3, 0.4) is 0 Å². The number of rotatable bonds is 8. The van der Waals surface area contributed by atoms with Crippen LogP contribution in [0.2, 0.25) is 0 Å². The van der Waals surface area contributed by atoms with Crippen molar-refractivity contribution in [3.63, 3.8) is 0 Å². The number of alkyl carbamates (subject to hydrolysis) is 1. The first-order chi connectivity index (χ1) is 11.8. The van der Waals surface area contributed by atoms with Crippen molar-refractivity contribution >= 4 is 16.2 Å². The SMILES string of the molecule is Cc1ccc(S(=O)(=O)OCCC(C)(C)CCNC(=O)OC(C)(C)C)cc1. The highest BCUT2D eigenvalue weighted by Gasteiger charge is 2.22. The van der Waals surface area contributed by atoms with E-state index in [2.05, 4.69) is 5.32 Å². The van der Waals surface area contributed by atoms with Crippen LogP contribution in [0.15, 0.2) is 29.2 Å². The summed E-state index contributed by atoms with van der Waals surface area (Å²) >= 11 is 0. The highest BCUT2D eigenvalue weighted by Crippen LogP contribution is 2.25. The molecule has 1 N–H and O–H groups in total. The van der Waals surface area contributed by atoms with Gasteiger partial charge in [0.15, 0.2) is 0 Å². The van der Waals surface area contributed by atoms with E-state index in [1.165, 1.54) is 0 Å². The molecule has 0 saturated heterocycles. The van der Waals surface area contributed by atoms with Crippen LogP contribution in [0.25, 0.3) is 0 Å². The summed E-state index contributed by atoms with van der Waals surface area (Å²) in [6, 6.07) is 6.56. The van der Waals surface area contributed by atoms with Gasteiger partial charge >= 0.3 is 6.09 Å². The first-order valence-electron chi connectivity index (χ1n) is 8.74. The molecule has 0 aromatic heterocycles. The molecule has 7 heteroatoms. The van der Waals surface area contributed by atoms with Gasteiger partial charge in [0.25, 0.3) is 10.1 Å². The van der Waals surface area contributed by atoms with Crippen LogP contribution in [0.1, 0.15) is 53.0 Å². The van der Waals surface area contributed by atoms with Crippen LogP contribution in [-0.2, 0) is 19.0 Å². The average molecular weight is 386 g/mol. The molecule has 0 spiro atoms. The smallest absolute Gasteiger partial charge is 0.407 e. The van der Waals surface area contributed by atoms with E-state index in [-0.39, 0.29) is 16.9 Å². The zero-order valence-electron chi connectivity index (χ0n) is 16.6. The molecule has 0 atom stereocenters. The molecule has 1 aromatic rings. The van der Waals surface area contributed by atoms with Crippen LogP contribution in [0.4, 0.5) is 4.79 Å². The molecule has 0 aliphatic carbocycles. The normalized spacial score (nSPS) is 12.7. The highest BCUT2D eigenvalue weighted by molar-refractivity contribution is 7.86.